The van der Waals surface area contributed by atoms with Crippen molar-refractivity contribution in [1.29, 1.82) is 0 Å². The zero-order chi connectivity index (χ0) is 38.5. The third-order valence-electron chi connectivity index (χ3n) is 8.73. The molecule has 0 spiro atoms. The van der Waals surface area contributed by atoms with Crippen LogP contribution in [0.1, 0.15) is 12.5 Å². The van der Waals surface area contributed by atoms with Gasteiger partial charge in [-0.1, -0.05) is 0 Å². The number of carbonyl (C=O) groups excluding carboxylic acids is 1. The van der Waals surface area contributed by atoms with E-state index in [2.05, 4.69) is 0 Å². The van der Waals surface area contributed by atoms with E-state index in [4.69, 9.17) is 28.1 Å². The second-order valence-electron chi connectivity index (χ2n) is 12.4. The molecule has 0 aromatic heterocycles. The number of phenolic OH excluding ortho intramolecular Hbond substituents is 6. The van der Waals surface area contributed by atoms with Gasteiger partial charge in [-0.2, -0.15) is 0 Å². The van der Waals surface area contributed by atoms with Crippen LogP contribution in [0.15, 0.2) is 57.7 Å². The fraction of sp³-hybridized carbons (Fsp3) is 0.353. The van der Waals surface area contributed by atoms with Crippen molar-refractivity contribution < 1.29 is 89.1 Å². The lowest BCUT2D eigenvalue weighted by Crippen LogP contribution is -2.62. The Bertz CT molecular complexity index is 1990. The number of hydrogen-bond acceptors (Lipinski definition) is 18. The molecule has 0 radical (unpaired) electrons. The fourth-order valence-electron chi connectivity index (χ4n) is 5.78. The molecule has 1 aliphatic carbocycles. The highest BCUT2D eigenvalue weighted by Gasteiger charge is 2.53. The summed E-state index contributed by atoms with van der Waals surface area (Å²) < 4.78 is 34.5. The zero-order valence-corrected chi connectivity index (χ0v) is 27.3. The summed E-state index contributed by atoms with van der Waals surface area (Å²) in [5.74, 6) is -6.04. The first-order valence-electron chi connectivity index (χ1n) is 15.8. The van der Waals surface area contributed by atoms with Gasteiger partial charge in [0, 0.05) is 29.8 Å². The van der Waals surface area contributed by atoms with Gasteiger partial charge < -0.3 is 89.1 Å². The van der Waals surface area contributed by atoms with E-state index in [1.807, 2.05) is 0 Å². The molecule has 19 nitrogen and oxygen atoms in total. The maximum atomic E-state index is 12.2. The van der Waals surface area contributed by atoms with Gasteiger partial charge in [0.05, 0.1) is 18.3 Å². The third-order valence-corrected chi connectivity index (χ3v) is 8.73. The molecule has 3 aliphatic heterocycles. The van der Waals surface area contributed by atoms with E-state index < -0.39 is 119 Å². The van der Waals surface area contributed by atoms with Crippen LogP contribution in [0.2, 0.25) is 0 Å². The van der Waals surface area contributed by atoms with E-state index >= 15 is 0 Å². The normalized spacial score (nSPS) is 28.8. The average Bonchev–Trinajstić information content (AvgIpc) is 3.11. The van der Waals surface area contributed by atoms with Crippen LogP contribution in [0.5, 0.6) is 40.2 Å². The van der Waals surface area contributed by atoms with Crippen molar-refractivity contribution in [2.45, 2.75) is 68.3 Å². The quantitative estimate of drug-likeness (QED) is 0.0600. The average molecular weight is 748 g/mol. The van der Waals surface area contributed by atoms with Gasteiger partial charge >= 0.3 is 5.97 Å². The van der Waals surface area contributed by atoms with E-state index in [1.165, 1.54) is 19.1 Å². The van der Waals surface area contributed by atoms with Gasteiger partial charge in [0.15, 0.2) is 58.1 Å². The Kier molecular flexibility index (Phi) is 10.3. The lowest BCUT2D eigenvalue weighted by Gasteiger charge is -2.41. The number of esters is 1. The van der Waals surface area contributed by atoms with Gasteiger partial charge in [-0.3, -0.25) is 4.79 Å². The lowest BCUT2D eigenvalue weighted by molar-refractivity contribution is -0.317. The Labute approximate surface area is 297 Å². The molecule has 0 saturated carbocycles. The van der Waals surface area contributed by atoms with Crippen molar-refractivity contribution in [2.24, 2.45) is 0 Å². The largest absolute Gasteiger partial charge is 0.518 e. The minimum Gasteiger partial charge on any atom is -0.507 e. The van der Waals surface area contributed by atoms with Crippen LogP contribution in [0.3, 0.4) is 0 Å². The smallest absolute Gasteiger partial charge is 0.507 e. The monoisotopic (exact) mass is 747 g/mol. The second-order valence-corrected chi connectivity index (χ2v) is 12.4. The molecular weight excluding hydrogens is 712 g/mol. The second kappa shape index (κ2) is 14.6. The highest BCUT2D eigenvalue weighted by molar-refractivity contribution is 5.92. The fourth-order valence-corrected chi connectivity index (χ4v) is 5.78. The SMILES string of the molecule is CC1OC(OCC2OC(Oc3cc4c(O)cc(=O)cc-4oc3-c3ccc(O)c(O)c3)C(OC(=[OH+])c3cc(O)c(O)c(O)c3)C(O)C2O)C(O)C(O)C1O. The Morgan fingerprint density at radius 1 is 0.736 bits per heavy atom. The minimum absolute atomic E-state index is 0.0458. The van der Waals surface area contributed by atoms with Crippen molar-refractivity contribution in [1.82, 2.24) is 0 Å². The van der Waals surface area contributed by atoms with Crippen molar-refractivity contribution in [3.63, 3.8) is 0 Å². The predicted molar refractivity (Wildman–Crippen MR) is 174 cm³/mol. The number of aliphatic hydroxyl groups is 5. The topological polar surface area (TPSA) is 320 Å². The molecule has 10 atom stereocenters. The molecule has 2 fully saturated rings. The molecule has 19 heteroatoms. The third kappa shape index (κ3) is 7.32. The Morgan fingerprint density at radius 2 is 1.43 bits per heavy atom. The number of aromatic hydroxyl groups is 6. The van der Waals surface area contributed by atoms with Gasteiger partial charge in [0.2, 0.25) is 0 Å². The molecule has 53 heavy (non-hydrogen) atoms. The Hall–Kier alpha value is -5.38. The molecule has 284 valence electrons. The summed E-state index contributed by atoms with van der Waals surface area (Å²) in [7, 11) is 0. The summed E-state index contributed by atoms with van der Waals surface area (Å²) in [5, 5.41) is 113. The van der Waals surface area contributed by atoms with Crippen LogP contribution >= 0.6 is 0 Å². The molecule has 2 aromatic rings. The molecule has 6 rings (SSSR count). The maximum Gasteiger partial charge on any atom is 0.518 e. The summed E-state index contributed by atoms with van der Waals surface area (Å²) >= 11 is 0. The van der Waals surface area contributed by atoms with Crippen LogP contribution in [0.25, 0.3) is 22.6 Å². The van der Waals surface area contributed by atoms with Gasteiger partial charge in [0.1, 0.15) is 47.6 Å². The molecule has 2 aromatic carbocycles. The van der Waals surface area contributed by atoms with E-state index in [0.717, 1.165) is 36.4 Å². The van der Waals surface area contributed by atoms with Crippen molar-refractivity contribution in [3.8, 4) is 62.9 Å². The molecule has 2 saturated heterocycles. The van der Waals surface area contributed by atoms with E-state index in [-0.39, 0.29) is 28.4 Å². The summed E-state index contributed by atoms with van der Waals surface area (Å²) in [5.41, 5.74) is -1.06. The molecule has 0 amide bonds. The standard InChI is InChI=1S/C34H34O19/c1-11-24(41)27(44)29(46)33(49-11)48-10-23-26(43)28(45)31(53-32(47)13-5-19(39)25(42)20(40)6-13)34(52-23)51-22-9-15-17(37)7-14(35)8-21(15)50-30(22)12-2-3-16(36)18(38)4-12/h2-9,11,23-24,26-29,31,33-34,36-46H,10H2,1H3/p+1. The molecule has 12 N–H and O–H groups in total. The lowest BCUT2D eigenvalue weighted by atomic mass is 9.98. The Balaban J connectivity index is 1.38. The molecule has 0 bridgehead atoms. The number of phenols is 6. The Morgan fingerprint density at radius 3 is 2.11 bits per heavy atom. The summed E-state index contributed by atoms with van der Waals surface area (Å²) in [6.45, 7) is 0.745. The number of ether oxygens (including phenoxy) is 5. The van der Waals surface area contributed by atoms with Crippen LogP contribution in [-0.4, -0.2) is 135 Å². The molecule has 3 heterocycles. The van der Waals surface area contributed by atoms with Gasteiger partial charge in [-0.05, 0) is 31.2 Å². The van der Waals surface area contributed by atoms with E-state index in [0.29, 0.717) is 0 Å². The first-order valence-corrected chi connectivity index (χ1v) is 15.8. The van der Waals surface area contributed by atoms with E-state index in [9.17, 15) is 65.8 Å². The number of benzene rings is 3. The first-order chi connectivity index (χ1) is 25.0. The van der Waals surface area contributed by atoms with Crippen LogP contribution in [0, 0.1) is 0 Å². The van der Waals surface area contributed by atoms with Crippen LogP contribution in [-0.2, 0) is 18.9 Å². The number of rotatable bonds is 8. The molecule has 4 aliphatic rings. The predicted octanol–water partition coefficient (Wildman–Crippen LogP) is -0.749. The summed E-state index contributed by atoms with van der Waals surface area (Å²) in [6.07, 6.45) is -16.7. The highest BCUT2D eigenvalue weighted by Crippen LogP contribution is 2.43. The highest BCUT2D eigenvalue weighted by atomic mass is 16.7. The number of aliphatic hydroxyl groups excluding tert-OH is 5. The maximum absolute atomic E-state index is 12.2. The van der Waals surface area contributed by atoms with Crippen LogP contribution in [0.4, 0.5) is 0 Å². The summed E-state index contributed by atoms with van der Waals surface area (Å²) in [4.78, 5) is 23.1. The number of fused-ring (bicyclic) bond motifs is 1. The van der Waals surface area contributed by atoms with Gasteiger partial charge in [-0.15, -0.1) is 0 Å². The van der Waals surface area contributed by atoms with Crippen molar-refractivity contribution in [3.05, 3.63) is 64.3 Å². The van der Waals surface area contributed by atoms with Gasteiger partial charge in [-0.25, -0.2) is 0 Å². The van der Waals surface area contributed by atoms with Crippen molar-refractivity contribution in [2.75, 3.05) is 6.61 Å². The minimum atomic E-state index is -2.03. The van der Waals surface area contributed by atoms with E-state index in [1.54, 1.807) is 0 Å². The summed E-state index contributed by atoms with van der Waals surface area (Å²) in [6, 6.07) is 8.21. The first kappa shape index (κ1) is 37.4. The van der Waals surface area contributed by atoms with Crippen molar-refractivity contribution >= 4 is 5.97 Å². The van der Waals surface area contributed by atoms with Crippen LogP contribution < -0.4 is 10.2 Å². The number of hydrogen-bond donors (Lipinski definition) is 11. The van der Waals surface area contributed by atoms with Gasteiger partial charge in [0.25, 0.3) is 12.4 Å². The molecular formula is C34H35O19+. The zero-order valence-electron chi connectivity index (χ0n) is 27.3. The molecule has 10 unspecified atom stereocenters.